The summed E-state index contributed by atoms with van der Waals surface area (Å²) in [5.74, 6) is 0. The number of aliphatic hydroxyl groups excluding tert-OH is 1. The van der Waals surface area contributed by atoms with Gasteiger partial charge in [0.25, 0.3) is 0 Å². The highest BCUT2D eigenvalue weighted by Crippen LogP contribution is 2.30. The second-order valence-electron chi connectivity index (χ2n) is 3.60. The lowest BCUT2D eigenvalue weighted by Crippen LogP contribution is -2.21. The number of nitrogen functional groups attached to an aromatic ring is 1. The first-order valence-corrected chi connectivity index (χ1v) is 5.02. The van der Waals surface area contributed by atoms with Gasteiger partial charge in [-0.2, -0.15) is 0 Å². The molecule has 0 radical (unpaired) electrons. The van der Waals surface area contributed by atoms with Crippen molar-refractivity contribution >= 4 is 23.0 Å². The molecule has 0 spiro atoms. The van der Waals surface area contributed by atoms with Gasteiger partial charge < -0.3 is 15.7 Å². The zero-order valence-electron chi connectivity index (χ0n) is 7.78. The Labute approximate surface area is 88.1 Å². The summed E-state index contributed by atoms with van der Waals surface area (Å²) in [4.78, 5) is 2.08. The third-order valence-corrected chi connectivity index (χ3v) is 2.78. The van der Waals surface area contributed by atoms with E-state index in [-0.39, 0.29) is 6.10 Å². The van der Waals surface area contributed by atoms with E-state index in [1.165, 1.54) is 0 Å². The lowest BCUT2D eigenvalue weighted by Gasteiger charge is -2.19. The molecule has 1 aliphatic heterocycles. The number of nitrogens with zero attached hydrogens (tertiary/aromatic N) is 1. The Bertz CT molecular complexity index is 343. The largest absolute Gasteiger partial charge is 0.399 e. The van der Waals surface area contributed by atoms with Gasteiger partial charge in [0.05, 0.1) is 16.8 Å². The molecule has 0 bridgehead atoms. The molecule has 1 saturated heterocycles. The van der Waals surface area contributed by atoms with Crippen molar-refractivity contribution < 1.29 is 5.11 Å². The Morgan fingerprint density at radius 3 is 2.86 bits per heavy atom. The van der Waals surface area contributed by atoms with Crippen LogP contribution in [0.25, 0.3) is 0 Å². The van der Waals surface area contributed by atoms with Gasteiger partial charge in [0.1, 0.15) is 0 Å². The molecule has 0 aliphatic carbocycles. The molecule has 0 amide bonds. The number of hydrogen-bond donors (Lipinski definition) is 2. The normalized spacial score (nSPS) is 21.6. The van der Waals surface area contributed by atoms with Crippen LogP contribution in [0.15, 0.2) is 18.2 Å². The van der Waals surface area contributed by atoms with Crippen molar-refractivity contribution in [3.8, 4) is 0 Å². The predicted octanol–water partition coefficient (Wildman–Crippen LogP) is 1.49. The minimum absolute atomic E-state index is 0.233. The van der Waals surface area contributed by atoms with Crippen molar-refractivity contribution in [1.29, 1.82) is 0 Å². The van der Waals surface area contributed by atoms with Gasteiger partial charge in [0, 0.05) is 18.8 Å². The summed E-state index contributed by atoms with van der Waals surface area (Å²) in [7, 11) is 0. The van der Waals surface area contributed by atoms with Crippen molar-refractivity contribution in [2.75, 3.05) is 23.7 Å². The average molecular weight is 213 g/mol. The third-order valence-electron chi connectivity index (χ3n) is 2.48. The summed E-state index contributed by atoms with van der Waals surface area (Å²) in [6.45, 7) is 1.51. The van der Waals surface area contributed by atoms with Crippen LogP contribution < -0.4 is 10.6 Å². The zero-order valence-corrected chi connectivity index (χ0v) is 8.54. The Morgan fingerprint density at radius 2 is 2.29 bits per heavy atom. The molecule has 3 nitrogen and oxygen atoms in total. The van der Waals surface area contributed by atoms with E-state index in [2.05, 4.69) is 4.90 Å². The molecule has 1 aromatic rings. The van der Waals surface area contributed by atoms with E-state index < -0.39 is 0 Å². The molecule has 2 rings (SSSR count). The van der Waals surface area contributed by atoms with Crippen molar-refractivity contribution in [1.82, 2.24) is 0 Å². The number of β-amino-alcohol motifs (C(OH)–C–C–N with tert-alkyl or cyclic N) is 1. The lowest BCUT2D eigenvalue weighted by molar-refractivity contribution is 0.198. The Kier molecular flexibility index (Phi) is 2.52. The van der Waals surface area contributed by atoms with E-state index in [4.69, 9.17) is 17.3 Å². The highest BCUT2D eigenvalue weighted by Gasteiger charge is 2.21. The highest BCUT2D eigenvalue weighted by molar-refractivity contribution is 6.33. The van der Waals surface area contributed by atoms with Crippen molar-refractivity contribution in [2.45, 2.75) is 12.5 Å². The van der Waals surface area contributed by atoms with Crippen molar-refractivity contribution in [3.63, 3.8) is 0 Å². The van der Waals surface area contributed by atoms with Crippen LogP contribution in [-0.4, -0.2) is 24.3 Å². The molecule has 4 heteroatoms. The molecule has 14 heavy (non-hydrogen) atoms. The first-order chi connectivity index (χ1) is 6.66. The number of halogens is 1. The van der Waals surface area contributed by atoms with Crippen LogP contribution in [0.1, 0.15) is 6.42 Å². The average Bonchev–Trinajstić information content (AvgIpc) is 2.51. The van der Waals surface area contributed by atoms with E-state index in [1.54, 1.807) is 6.07 Å². The highest BCUT2D eigenvalue weighted by atomic mass is 35.5. The monoisotopic (exact) mass is 212 g/mol. The fourth-order valence-electron chi connectivity index (χ4n) is 1.74. The maximum absolute atomic E-state index is 9.40. The van der Waals surface area contributed by atoms with Crippen LogP contribution in [0.4, 0.5) is 11.4 Å². The lowest BCUT2D eigenvalue weighted by atomic mass is 10.2. The SMILES string of the molecule is Nc1ccc(N2CCC(O)C2)c(Cl)c1. The van der Waals surface area contributed by atoms with E-state index in [1.807, 2.05) is 12.1 Å². The first-order valence-electron chi connectivity index (χ1n) is 4.65. The number of aliphatic hydroxyl groups is 1. The van der Waals surface area contributed by atoms with Crippen LogP contribution in [0.5, 0.6) is 0 Å². The summed E-state index contributed by atoms with van der Waals surface area (Å²) >= 11 is 6.05. The minimum atomic E-state index is -0.233. The molecule has 0 saturated carbocycles. The summed E-state index contributed by atoms with van der Waals surface area (Å²) in [5, 5.41) is 10.0. The van der Waals surface area contributed by atoms with E-state index in [0.29, 0.717) is 17.3 Å². The van der Waals surface area contributed by atoms with E-state index in [0.717, 1.165) is 18.7 Å². The van der Waals surface area contributed by atoms with Gasteiger partial charge in [-0.25, -0.2) is 0 Å². The van der Waals surface area contributed by atoms with Crippen molar-refractivity contribution in [2.24, 2.45) is 0 Å². The van der Waals surface area contributed by atoms with Crippen LogP contribution in [-0.2, 0) is 0 Å². The molecule has 0 aromatic heterocycles. The summed E-state index contributed by atoms with van der Waals surface area (Å²) in [6.07, 6.45) is 0.573. The smallest absolute Gasteiger partial charge is 0.0731 e. The van der Waals surface area contributed by atoms with Gasteiger partial charge in [0.15, 0.2) is 0 Å². The first kappa shape index (κ1) is 9.62. The van der Waals surface area contributed by atoms with Crippen LogP contribution >= 0.6 is 11.6 Å². The second kappa shape index (κ2) is 3.67. The summed E-state index contributed by atoms with van der Waals surface area (Å²) < 4.78 is 0. The van der Waals surface area contributed by atoms with Gasteiger partial charge >= 0.3 is 0 Å². The van der Waals surface area contributed by atoms with Crippen molar-refractivity contribution in [3.05, 3.63) is 23.2 Å². The molecular weight excluding hydrogens is 200 g/mol. The Hall–Kier alpha value is -0.930. The van der Waals surface area contributed by atoms with Gasteiger partial charge in [-0.15, -0.1) is 0 Å². The molecule has 3 N–H and O–H groups in total. The van der Waals surface area contributed by atoms with Crippen LogP contribution in [0.3, 0.4) is 0 Å². The van der Waals surface area contributed by atoms with Gasteiger partial charge in [0.2, 0.25) is 0 Å². The zero-order chi connectivity index (χ0) is 10.1. The van der Waals surface area contributed by atoms with Gasteiger partial charge in [-0.3, -0.25) is 0 Å². The number of hydrogen-bond acceptors (Lipinski definition) is 3. The topological polar surface area (TPSA) is 49.5 Å². The number of nitrogens with two attached hydrogens (primary N) is 1. The molecule has 1 aromatic carbocycles. The maximum Gasteiger partial charge on any atom is 0.0731 e. The molecule has 1 unspecified atom stereocenters. The van der Waals surface area contributed by atoms with Gasteiger partial charge in [-0.05, 0) is 24.6 Å². The third kappa shape index (κ3) is 1.79. The van der Waals surface area contributed by atoms with Crippen LogP contribution in [0.2, 0.25) is 5.02 Å². The molecule has 1 fully saturated rings. The van der Waals surface area contributed by atoms with Gasteiger partial charge in [-0.1, -0.05) is 11.6 Å². The Balaban J connectivity index is 2.24. The standard InChI is InChI=1S/C10H13ClN2O/c11-9-5-7(12)1-2-10(9)13-4-3-8(14)6-13/h1-2,5,8,14H,3-4,6,12H2. The molecular formula is C10H13ClN2O. The second-order valence-corrected chi connectivity index (χ2v) is 4.01. The quantitative estimate of drug-likeness (QED) is 0.694. The molecule has 1 aliphatic rings. The summed E-state index contributed by atoms with van der Waals surface area (Å²) in [5.41, 5.74) is 7.22. The molecule has 1 atom stereocenters. The fraction of sp³-hybridized carbons (Fsp3) is 0.400. The molecule has 76 valence electrons. The number of benzene rings is 1. The Morgan fingerprint density at radius 1 is 1.50 bits per heavy atom. The predicted molar refractivity (Wildman–Crippen MR) is 58.7 cm³/mol. The minimum Gasteiger partial charge on any atom is -0.399 e. The fourth-order valence-corrected chi connectivity index (χ4v) is 2.05. The molecule has 1 heterocycles. The summed E-state index contributed by atoms with van der Waals surface area (Å²) in [6, 6.07) is 5.46. The maximum atomic E-state index is 9.40. The van der Waals surface area contributed by atoms with E-state index >= 15 is 0 Å². The number of rotatable bonds is 1. The number of anilines is 2. The van der Waals surface area contributed by atoms with E-state index in [9.17, 15) is 5.11 Å². The van der Waals surface area contributed by atoms with Crippen LogP contribution in [0, 0.1) is 0 Å².